The second-order valence-corrected chi connectivity index (χ2v) is 11.4. The van der Waals surface area contributed by atoms with Gasteiger partial charge in [-0.05, 0) is 36.4 Å². The fourth-order valence-electron chi connectivity index (χ4n) is 3.59. The predicted octanol–water partition coefficient (Wildman–Crippen LogP) is 5.51. The summed E-state index contributed by atoms with van der Waals surface area (Å²) in [7, 11) is -7.66. The molecule has 4 nitrogen and oxygen atoms in total. The van der Waals surface area contributed by atoms with Crippen LogP contribution in [0.3, 0.4) is 0 Å². The standard InChI is InChI=1S/C24H18O4P2/c25-29(19-11-3-1-4-12-19,20-13-5-2-6-14-20)28-30(26)24-18-10-8-16-22(24)21-15-7-9-17-23(21)27-30/h1-18H. The number of fused-ring (bicyclic) bond motifs is 3. The molecular weight excluding hydrogens is 414 g/mol. The van der Waals surface area contributed by atoms with Gasteiger partial charge < -0.3 is 4.52 Å². The zero-order chi connectivity index (χ0) is 20.6. The van der Waals surface area contributed by atoms with Crippen molar-refractivity contribution in [3.63, 3.8) is 0 Å². The minimum absolute atomic E-state index is 0.413. The molecule has 5 rings (SSSR count). The summed E-state index contributed by atoms with van der Waals surface area (Å²) in [5, 5.41) is 1.34. The monoisotopic (exact) mass is 432 g/mol. The Bertz CT molecular complexity index is 1260. The van der Waals surface area contributed by atoms with Crippen LogP contribution in [0.2, 0.25) is 0 Å². The number of benzene rings is 4. The predicted molar refractivity (Wildman–Crippen MR) is 121 cm³/mol. The Morgan fingerprint density at radius 2 is 1.13 bits per heavy atom. The van der Waals surface area contributed by atoms with Crippen molar-refractivity contribution >= 4 is 30.9 Å². The Kier molecular flexibility index (Phi) is 4.72. The Labute approximate surface area is 175 Å². The molecule has 0 saturated carbocycles. The van der Waals surface area contributed by atoms with E-state index in [-0.39, 0.29) is 0 Å². The van der Waals surface area contributed by atoms with E-state index in [1.807, 2.05) is 42.5 Å². The fourth-order valence-corrected chi connectivity index (χ4v) is 8.74. The highest BCUT2D eigenvalue weighted by atomic mass is 31.3. The largest absolute Gasteiger partial charge is 0.420 e. The van der Waals surface area contributed by atoms with E-state index < -0.39 is 15.0 Å². The average Bonchev–Trinajstić information content (AvgIpc) is 2.80. The average molecular weight is 432 g/mol. The molecule has 0 fully saturated rings. The van der Waals surface area contributed by atoms with Gasteiger partial charge in [-0.3, -0.25) is 4.57 Å². The molecule has 1 heterocycles. The van der Waals surface area contributed by atoms with Gasteiger partial charge in [0.1, 0.15) is 5.75 Å². The van der Waals surface area contributed by atoms with Gasteiger partial charge in [0.25, 0.3) is 7.37 Å². The van der Waals surface area contributed by atoms with Gasteiger partial charge in [0.05, 0.1) is 5.30 Å². The molecule has 0 radical (unpaired) electrons. The molecular formula is C24H18O4P2. The van der Waals surface area contributed by atoms with E-state index in [9.17, 15) is 9.13 Å². The van der Waals surface area contributed by atoms with E-state index in [0.29, 0.717) is 21.7 Å². The van der Waals surface area contributed by atoms with Gasteiger partial charge in [0.2, 0.25) is 0 Å². The molecule has 0 amide bonds. The lowest BCUT2D eigenvalue weighted by Crippen LogP contribution is -2.24. The summed E-state index contributed by atoms with van der Waals surface area (Å²) in [4.78, 5) is 0. The first-order chi connectivity index (χ1) is 14.6. The van der Waals surface area contributed by atoms with Gasteiger partial charge in [-0.25, -0.2) is 8.88 Å². The van der Waals surface area contributed by atoms with Crippen LogP contribution < -0.4 is 20.4 Å². The Hall–Kier alpha value is -2.90. The first-order valence-electron chi connectivity index (χ1n) is 9.51. The third-order valence-corrected chi connectivity index (χ3v) is 10.2. The lowest BCUT2D eigenvalue weighted by Gasteiger charge is -2.30. The van der Waals surface area contributed by atoms with Gasteiger partial charge in [-0.2, -0.15) is 0 Å². The van der Waals surface area contributed by atoms with Gasteiger partial charge >= 0.3 is 7.60 Å². The molecule has 148 valence electrons. The summed E-state index contributed by atoms with van der Waals surface area (Å²) < 4.78 is 40.6. The summed E-state index contributed by atoms with van der Waals surface area (Å²) in [5.41, 5.74) is 1.59. The first kappa shape index (κ1) is 19.1. The number of para-hydroxylation sites is 1. The molecule has 1 aliphatic rings. The second-order valence-electron chi connectivity index (χ2n) is 6.91. The zero-order valence-electron chi connectivity index (χ0n) is 15.9. The van der Waals surface area contributed by atoms with Crippen LogP contribution in [-0.2, 0) is 13.4 Å². The molecule has 0 bridgehead atoms. The van der Waals surface area contributed by atoms with Crippen LogP contribution in [0.5, 0.6) is 5.75 Å². The normalized spacial score (nSPS) is 17.5. The topological polar surface area (TPSA) is 52.6 Å². The third-order valence-electron chi connectivity index (χ3n) is 5.01. The van der Waals surface area contributed by atoms with Gasteiger partial charge in [-0.1, -0.05) is 72.8 Å². The van der Waals surface area contributed by atoms with Crippen molar-refractivity contribution in [1.82, 2.24) is 0 Å². The van der Waals surface area contributed by atoms with Gasteiger partial charge in [-0.15, -0.1) is 0 Å². The van der Waals surface area contributed by atoms with Crippen LogP contribution in [-0.4, -0.2) is 0 Å². The van der Waals surface area contributed by atoms with E-state index >= 15 is 0 Å². The summed E-state index contributed by atoms with van der Waals surface area (Å²) in [5.74, 6) is 0.451. The maximum atomic E-state index is 14.3. The summed E-state index contributed by atoms with van der Waals surface area (Å²) in [6.07, 6.45) is 0. The molecule has 0 aliphatic carbocycles. The highest BCUT2D eigenvalue weighted by molar-refractivity contribution is 7.82. The van der Waals surface area contributed by atoms with Crippen molar-refractivity contribution in [2.24, 2.45) is 0 Å². The van der Waals surface area contributed by atoms with Crippen molar-refractivity contribution < 1.29 is 18.0 Å². The lowest BCUT2D eigenvalue weighted by molar-refractivity contribution is 0.399. The first-order valence-corrected chi connectivity index (χ1v) is 12.7. The Morgan fingerprint density at radius 1 is 0.633 bits per heavy atom. The lowest BCUT2D eigenvalue weighted by atomic mass is 10.0. The molecule has 0 saturated heterocycles. The molecule has 0 N–H and O–H groups in total. The van der Waals surface area contributed by atoms with Crippen LogP contribution >= 0.6 is 15.0 Å². The maximum absolute atomic E-state index is 14.3. The van der Waals surface area contributed by atoms with Crippen LogP contribution in [0.4, 0.5) is 0 Å². The molecule has 6 heteroatoms. The molecule has 1 aliphatic heterocycles. The van der Waals surface area contributed by atoms with E-state index in [1.54, 1.807) is 66.7 Å². The fraction of sp³-hybridized carbons (Fsp3) is 0. The SMILES string of the molecule is O=P1(OP(=O)(c2ccccc2)c2ccccc2)Oc2ccccc2-c2ccccc21. The smallest absolute Gasteiger partial charge is 0.417 e. The van der Waals surface area contributed by atoms with Gasteiger partial charge in [0, 0.05) is 21.7 Å². The van der Waals surface area contributed by atoms with Crippen molar-refractivity contribution in [3.8, 4) is 16.9 Å². The minimum Gasteiger partial charge on any atom is -0.420 e. The third kappa shape index (κ3) is 3.14. The zero-order valence-corrected chi connectivity index (χ0v) is 17.7. The highest BCUT2D eigenvalue weighted by Gasteiger charge is 2.45. The molecule has 4 aromatic carbocycles. The Balaban J connectivity index is 1.70. The molecule has 1 atom stereocenters. The van der Waals surface area contributed by atoms with Gasteiger partial charge in [0.15, 0.2) is 0 Å². The van der Waals surface area contributed by atoms with Crippen LogP contribution in [0.1, 0.15) is 0 Å². The van der Waals surface area contributed by atoms with E-state index in [4.69, 9.17) is 8.83 Å². The molecule has 1 unspecified atom stereocenters. The minimum atomic E-state index is -3.95. The molecule has 0 aromatic heterocycles. The van der Waals surface area contributed by atoms with Crippen molar-refractivity contribution in [2.75, 3.05) is 0 Å². The number of hydrogen-bond acceptors (Lipinski definition) is 4. The van der Waals surface area contributed by atoms with E-state index in [0.717, 1.165) is 11.1 Å². The molecule has 30 heavy (non-hydrogen) atoms. The van der Waals surface area contributed by atoms with Crippen molar-refractivity contribution in [3.05, 3.63) is 109 Å². The van der Waals surface area contributed by atoms with E-state index in [2.05, 4.69) is 0 Å². The molecule has 0 spiro atoms. The van der Waals surface area contributed by atoms with Crippen LogP contribution in [0.25, 0.3) is 11.1 Å². The summed E-state index contributed by atoms with van der Waals surface area (Å²) >= 11 is 0. The van der Waals surface area contributed by atoms with Crippen LogP contribution in [0.15, 0.2) is 109 Å². The van der Waals surface area contributed by atoms with Crippen LogP contribution in [0, 0.1) is 0 Å². The summed E-state index contributed by atoms with van der Waals surface area (Å²) in [6, 6.07) is 32.3. The number of hydrogen-bond donors (Lipinski definition) is 0. The second kappa shape index (κ2) is 7.41. The number of rotatable bonds is 4. The van der Waals surface area contributed by atoms with Crippen molar-refractivity contribution in [1.29, 1.82) is 0 Å². The highest BCUT2D eigenvalue weighted by Crippen LogP contribution is 2.65. The maximum Gasteiger partial charge on any atom is 0.417 e. The Morgan fingerprint density at radius 3 is 1.77 bits per heavy atom. The van der Waals surface area contributed by atoms with E-state index in [1.165, 1.54) is 0 Å². The molecule has 4 aromatic rings. The summed E-state index contributed by atoms with van der Waals surface area (Å²) in [6.45, 7) is 0. The quantitative estimate of drug-likeness (QED) is 0.399. The van der Waals surface area contributed by atoms with Crippen molar-refractivity contribution in [2.45, 2.75) is 0 Å².